The molecular weight excluding hydrogens is 246 g/mol. The number of aryl methyl sites for hydroxylation is 1. The Bertz CT molecular complexity index is 764. The number of nitrogens with zero attached hydrogens (tertiary/aromatic N) is 1. The molecule has 0 fully saturated rings. The van der Waals surface area contributed by atoms with Crippen molar-refractivity contribution in [3.63, 3.8) is 0 Å². The van der Waals surface area contributed by atoms with Crippen molar-refractivity contribution in [2.24, 2.45) is 5.84 Å². The molecule has 0 bridgehead atoms. The van der Waals surface area contributed by atoms with Gasteiger partial charge in [-0.3, -0.25) is 5.84 Å². The van der Waals surface area contributed by atoms with Crippen LogP contribution in [0.25, 0.3) is 22.2 Å². The summed E-state index contributed by atoms with van der Waals surface area (Å²) in [6, 6.07) is 16.4. The first-order valence-electron chi connectivity index (χ1n) is 6.63. The Hall–Kier alpha value is -2.39. The van der Waals surface area contributed by atoms with Crippen LogP contribution in [0.1, 0.15) is 11.1 Å². The van der Waals surface area contributed by atoms with Gasteiger partial charge in [0, 0.05) is 16.5 Å². The summed E-state index contributed by atoms with van der Waals surface area (Å²) in [6.45, 7) is 4.12. The average Bonchev–Trinajstić information content (AvgIpc) is 2.48. The maximum atomic E-state index is 5.74. The Kier molecular flexibility index (Phi) is 3.12. The minimum atomic E-state index is 0.942. The molecule has 3 N–H and O–H groups in total. The molecule has 0 saturated carbocycles. The summed E-state index contributed by atoms with van der Waals surface area (Å²) in [5.74, 6) is 5.74. The third-order valence-electron chi connectivity index (χ3n) is 3.58. The Morgan fingerprint density at radius 1 is 1.00 bits per heavy atom. The molecule has 1 heterocycles. The SMILES string of the molecule is Cc1ccc2nc(-c3ccccc3)c(C)c(NN)c2c1. The lowest BCUT2D eigenvalue weighted by Gasteiger charge is -2.14. The minimum Gasteiger partial charge on any atom is -0.323 e. The summed E-state index contributed by atoms with van der Waals surface area (Å²) in [7, 11) is 0. The number of hydrogen-bond donors (Lipinski definition) is 2. The van der Waals surface area contributed by atoms with Crippen LogP contribution in [-0.2, 0) is 0 Å². The molecule has 0 aliphatic heterocycles. The van der Waals surface area contributed by atoms with Crippen LogP contribution in [-0.4, -0.2) is 4.98 Å². The van der Waals surface area contributed by atoms with Crippen LogP contribution in [0.2, 0.25) is 0 Å². The number of hydrazine groups is 1. The van der Waals surface area contributed by atoms with Crippen molar-refractivity contribution >= 4 is 16.6 Å². The molecule has 0 amide bonds. The number of nitrogens with one attached hydrogen (secondary N) is 1. The van der Waals surface area contributed by atoms with Crippen LogP contribution in [0.5, 0.6) is 0 Å². The third kappa shape index (κ3) is 2.02. The van der Waals surface area contributed by atoms with Crippen molar-refractivity contribution in [1.29, 1.82) is 0 Å². The lowest BCUT2D eigenvalue weighted by Crippen LogP contribution is -2.10. The molecule has 0 saturated heterocycles. The third-order valence-corrected chi connectivity index (χ3v) is 3.58. The summed E-state index contributed by atoms with van der Waals surface area (Å²) in [5, 5.41) is 1.06. The van der Waals surface area contributed by atoms with E-state index in [4.69, 9.17) is 10.8 Å². The van der Waals surface area contributed by atoms with E-state index in [1.807, 2.05) is 31.2 Å². The van der Waals surface area contributed by atoms with Crippen LogP contribution in [0.15, 0.2) is 48.5 Å². The van der Waals surface area contributed by atoms with Gasteiger partial charge < -0.3 is 5.43 Å². The number of nitrogen functional groups attached to an aromatic ring is 1. The fourth-order valence-corrected chi connectivity index (χ4v) is 2.54. The first-order chi connectivity index (χ1) is 9.70. The van der Waals surface area contributed by atoms with Gasteiger partial charge in [0.2, 0.25) is 0 Å². The topological polar surface area (TPSA) is 50.9 Å². The van der Waals surface area contributed by atoms with E-state index in [1.54, 1.807) is 0 Å². The van der Waals surface area contributed by atoms with Gasteiger partial charge in [0.1, 0.15) is 0 Å². The van der Waals surface area contributed by atoms with Crippen molar-refractivity contribution < 1.29 is 0 Å². The predicted molar refractivity (Wildman–Crippen MR) is 84.5 cm³/mol. The molecule has 1 aromatic heterocycles. The van der Waals surface area contributed by atoms with Crippen LogP contribution < -0.4 is 11.3 Å². The number of rotatable bonds is 2. The van der Waals surface area contributed by atoms with Gasteiger partial charge in [-0.2, -0.15) is 0 Å². The first-order valence-corrected chi connectivity index (χ1v) is 6.63. The van der Waals surface area contributed by atoms with E-state index in [-0.39, 0.29) is 0 Å². The maximum Gasteiger partial charge on any atom is 0.0759 e. The molecule has 3 rings (SSSR count). The van der Waals surface area contributed by atoms with Gasteiger partial charge in [-0.25, -0.2) is 4.98 Å². The van der Waals surface area contributed by atoms with Crippen molar-refractivity contribution in [2.45, 2.75) is 13.8 Å². The van der Waals surface area contributed by atoms with Gasteiger partial charge in [0.25, 0.3) is 0 Å². The Balaban J connectivity index is 2.35. The van der Waals surface area contributed by atoms with Gasteiger partial charge >= 0.3 is 0 Å². The normalized spacial score (nSPS) is 10.8. The summed E-state index contributed by atoms with van der Waals surface area (Å²) in [4.78, 5) is 4.80. The molecule has 100 valence electrons. The number of fused-ring (bicyclic) bond motifs is 1. The molecule has 0 aliphatic rings. The monoisotopic (exact) mass is 263 g/mol. The molecule has 0 aliphatic carbocycles. The lowest BCUT2D eigenvalue weighted by atomic mass is 10.0. The summed E-state index contributed by atoms with van der Waals surface area (Å²) >= 11 is 0. The highest BCUT2D eigenvalue weighted by atomic mass is 15.2. The fraction of sp³-hybridized carbons (Fsp3) is 0.118. The highest BCUT2D eigenvalue weighted by Crippen LogP contribution is 2.33. The number of hydrogen-bond acceptors (Lipinski definition) is 3. The molecule has 0 atom stereocenters. The zero-order valence-corrected chi connectivity index (χ0v) is 11.6. The van der Waals surface area contributed by atoms with E-state index < -0.39 is 0 Å². The number of pyridine rings is 1. The van der Waals surface area contributed by atoms with Gasteiger partial charge in [0.05, 0.1) is 16.9 Å². The van der Waals surface area contributed by atoms with Gasteiger partial charge in [-0.1, -0.05) is 42.0 Å². The van der Waals surface area contributed by atoms with Crippen LogP contribution in [0.3, 0.4) is 0 Å². The second-order valence-corrected chi connectivity index (χ2v) is 4.99. The molecule has 20 heavy (non-hydrogen) atoms. The highest BCUT2D eigenvalue weighted by Gasteiger charge is 2.12. The average molecular weight is 263 g/mol. The fourth-order valence-electron chi connectivity index (χ4n) is 2.54. The van der Waals surface area contributed by atoms with E-state index in [1.165, 1.54) is 5.56 Å². The molecule has 0 unspecified atom stereocenters. The summed E-state index contributed by atoms with van der Waals surface area (Å²) < 4.78 is 0. The molecular formula is C17H17N3. The largest absolute Gasteiger partial charge is 0.323 e. The van der Waals surface area contributed by atoms with E-state index >= 15 is 0 Å². The smallest absolute Gasteiger partial charge is 0.0759 e. The van der Waals surface area contributed by atoms with Crippen molar-refractivity contribution in [2.75, 3.05) is 5.43 Å². The van der Waals surface area contributed by atoms with Crippen LogP contribution in [0, 0.1) is 13.8 Å². The summed E-state index contributed by atoms with van der Waals surface area (Å²) in [5.41, 5.74) is 9.06. The summed E-state index contributed by atoms with van der Waals surface area (Å²) in [6.07, 6.45) is 0. The Morgan fingerprint density at radius 3 is 2.45 bits per heavy atom. The molecule has 2 aromatic carbocycles. The van der Waals surface area contributed by atoms with E-state index in [0.29, 0.717) is 0 Å². The molecule has 0 spiro atoms. The van der Waals surface area contributed by atoms with E-state index in [0.717, 1.165) is 33.4 Å². The van der Waals surface area contributed by atoms with Crippen LogP contribution in [0.4, 0.5) is 5.69 Å². The van der Waals surface area contributed by atoms with Gasteiger partial charge in [0.15, 0.2) is 0 Å². The van der Waals surface area contributed by atoms with E-state index in [2.05, 4.69) is 36.6 Å². The van der Waals surface area contributed by atoms with Gasteiger partial charge in [-0.15, -0.1) is 0 Å². The second-order valence-electron chi connectivity index (χ2n) is 4.99. The number of nitrogens with two attached hydrogens (primary N) is 1. The van der Waals surface area contributed by atoms with Crippen LogP contribution >= 0.6 is 0 Å². The molecule has 0 radical (unpaired) electrons. The van der Waals surface area contributed by atoms with Crippen molar-refractivity contribution in [3.05, 3.63) is 59.7 Å². The maximum absolute atomic E-state index is 5.74. The molecule has 3 nitrogen and oxygen atoms in total. The van der Waals surface area contributed by atoms with E-state index in [9.17, 15) is 0 Å². The highest BCUT2D eigenvalue weighted by molar-refractivity contribution is 5.96. The number of anilines is 1. The van der Waals surface area contributed by atoms with Crippen molar-refractivity contribution in [1.82, 2.24) is 4.98 Å². The van der Waals surface area contributed by atoms with Crippen molar-refractivity contribution in [3.8, 4) is 11.3 Å². The quantitative estimate of drug-likeness (QED) is 0.546. The second kappa shape index (κ2) is 4.94. The molecule has 3 heteroatoms. The predicted octanol–water partition coefficient (Wildman–Crippen LogP) is 3.80. The minimum absolute atomic E-state index is 0.942. The Morgan fingerprint density at radius 2 is 1.75 bits per heavy atom. The standard InChI is InChI=1S/C17H17N3/c1-11-8-9-15-14(10-11)17(20-18)12(2)16(19-15)13-6-4-3-5-7-13/h3-10H,18H2,1-2H3,(H,19,20). The number of benzene rings is 2. The first kappa shape index (κ1) is 12.6. The Labute approximate surface area is 118 Å². The zero-order valence-electron chi connectivity index (χ0n) is 11.6. The zero-order chi connectivity index (χ0) is 14.1. The number of aromatic nitrogens is 1. The van der Waals surface area contributed by atoms with Gasteiger partial charge in [-0.05, 0) is 26.0 Å². The molecule has 3 aromatic rings. The lowest BCUT2D eigenvalue weighted by molar-refractivity contribution is 1.27.